The molecular weight excluding hydrogens is 432 g/mol. The first-order valence-electron chi connectivity index (χ1n) is 10.8. The van der Waals surface area contributed by atoms with Gasteiger partial charge in [-0.15, -0.1) is 0 Å². The van der Waals surface area contributed by atoms with Gasteiger partial charge in [-0.25, -0.2) is 4.79 Å². The van der Waals surface area contributed by atoms with Crippen molar-refractivity contribution < 1.29 is 14.3 Å². The van der Waals surface area contributed by atoms with Crippen molar-refractivity contribution in [2.24, 2.45) is 0 Å². The zero-order valence-electron chi connectivity index (χ0n) is 19.3. The number of rotatable bonds is 7. The minimum atomic E-state index is -2.25. The van der Waals surface area contributed by atoms with Gasteiger partial charge in [0.05, 0.1) is 40.2 Å². The van der Waals surface area contributed by atoms with Gasteiger partial charge in [-0.1, -0.05) is 53.1 Å². The van der Waals surface area contributed by atoms with E-state index in [0.717, 1.165) is 0 Å². The molecule has 0 aliphatic carbocycles. The van der Waals surface area contributed by atoms with Gasteiger partial charge in [0.15, 0.2) is 0 Å². The summed E-state index contributed by atoms with van der Waals surface area (Å²) in [5, 5.41) is 21.8. The first kappa shape index (κ1) is 25.3. The lowest BCUT2D eigenvalue weighted by Crippen LogP contribution is -2.61. The fourth-order valence-corrected chi connectivity index (χ4v) is 11.0. The first-order chi connectivity index (χ1) is 14.4. The molecule has 4 N–H and O–H groups in total. The van der Waals surface area contributed by atoms with Crippen molar-refractivity contribution in [1.82, 2.24) is 5.32 Å². The molecule has 0 aromatic heterocycles. The quantitative estimate of drug-likeness (QED) is 0.376. The van der Waals surface area contributed by atoms with E-state index in [1.165, 1.54) is 0 Å². The smallest absolute Gasteiger partial charge is 0.404 e. The zero-order valence-corrected chi connectivity index (χ0v) is 21.0. The third kappa shape index (κ3) is 5.28. The normalized spacial score (nSPS) is 19.7. The van der Waals surface area contributed by atoms with Gasteiger partial charge in [0, 0.05) is 13.1 Å². The lowest BCUT2D eigenvalue weighted by molar-refractivity contribution is 0.111. The van der Waals surface area contributed by atoms with E-state index in [4.69, 9.17) is 21.8 Å². The number of nitrogens with one attached hydrogen (secondary N) is 1. The Bertz CT molecular complexity index is 819. The Balaban J connectivity index is 2.45. The highest BCUT2D eigenvalue weighted by Gasteiger charge is 2.48. The van der Waals surface area contributed by atoms with Crippen LogP contribution in [0.5, 0.6) is 0 Å². The standard InChI is InChI=1S/C22H35ClN4O3Si/c1-13(2)31(14(3)4,15(5)6)30-20-12-27(8-7-18(20)26-22(28)29)19-10-16(11-24)9-17(25)21(19)23/h9-10,13-15,18,20,26H,7-8,12,25H2,1-6H3,(H,28,29)/t18-,20+/m1/s1. The maximum absolute atomic E-state index is 11.5. The predicted molar refractivity (Wildman–Crippen MR) is 128 cm³/mol. The van der Waals surface area contributed by atoms with E-state index in [1.54, 1.807) is 12.1 Å². The van der Waals surface area contributed by atoms with Crippen LogP contribution in [0.15, 0.2) is 12.1 Å². The lowest BCUT2D eigenvalue weighted by atomic mass is 10.0. The molecule has 172 valence electrons. The molecule has 1 fully saturated rings. The fraction of sp³-hybridized carbons (Fsp3) is 0.636. The van der Waals surface area contributed by atoms with E-state index in [0.29, 0.717) is 58.1 Å². The molecule has 0 bridgehead atoms. The number of benzene rings is 1. The second-order valence-corrected chi connectivity index (χ2v) is 15.1. The Morgan fingerprint density at radius 3 is 2.35 bits per heavy atom. The molecule has 2 rings (SSSR count). The monoisotopic (exact) mass is 466 g/mol. The Labute approximate surface area is 191 Å². The number of nitrogen functional groups attached to an aromatic ring is 1. The Kier molecular flexibility index (Phi) is 8.25. The van der Waals surface area contributed by atoms with Crippen molar-refractivity contribution in [2.75, 3.05) is 23.7 Å². The maximum atomic E-state index is 11.5. The van der Waals surface area contributed by atoms with E-state index in [1.807, 2.05) is 0 Å². The van der Waals surface area contributed by atoms with Crippen molar-refractivity contribution in [3.05, 3.63) is 22.7 Å². The number of nitriles is 1. The topological polar surface area (TPSA) is 112 Å². The summed E-state index contributed by atoms with van der Waals surface area (Å²) < 4.78 is 6.99. The van der Waals surface area contributed by atoms with Crippen LogP contribution < -0.4 is 16.0 Å². The van der Waals surface area contributed by atoms with E-state index in [-0.39, 0.29) is 12.1 Å². The number of halogens is 1. The molecule has 1 heterocycles. The van der Waals surface area contributed by atoms with Gasteiger partial charge in [0.25, 0.3) is 0 Å². The predicted octanol–water partition coefficient (Wildman–Crippen LogP) is 5.20. The van der Waals surface area contributed by atoms with Crippen molar-refractivity contribution in [3.8, 4) is 6.07 Å². The summed E-state index contributed by atoms with van der Waals surface area (Å²) in [4.78, 5) is 13.5. The maximum Gasteiger partial charge on any atom is 0.404 e. The van der Waals surface area contributed by atoms with Crippen molar-refractivity contribution in [2.45, 2.75) is 76.7 Å². The van der Waals surface area contributed by atoms with Gasteiger partial charge in [0.1, 0.15) is 0 Å². The highest BCUT2D eigenvalue weighted by molar-refractivity contribution is 6.77. The molecule has 31 heavy (non-hydrogen) atoms. The largest absolute Gasteiger partial charge is 0.465 e. The molecule has 0 saturated carbocycles. The van der Waals surface area contributed by atoms with Gasteiger partial charge in [-0.05, 0) is 35.2 Å². The molecule has 1 aliphatic rings. The van der Waals surface area contributed by atoms with E-state index >= 15 is 0 Å². The molecule has 1 aromatic carbocycles. The van der Waals surface area contributed by atoms with Gasteiger partial charge >= 0.3 is 6.09 Å². The van der Waals surface area contributed by atoms with Gasteiger partial charge in [-0.2, -0.15) is 5.26 Å². The number of carbonyl (C=O) groups is 1. The van der Waals surface area contributed by atoms with Gasteiger partial charge in [-0.3, -0.25) is 0 Å². The lowest BCUT2D eigenvalue weighted by Gasteiger charge is -2.49. The Morgan fingerprint density at radius 1 is 1.29 bits per heavy atom. The molecule has 1 amide bonds. The summed E-state index contributed by atoms with van der Waals surface area (Å²) in [5.41, 5.74) is 8.62. The molecule has 1 aliphatic heterocycles. The highest BCUT2D eigenvalue weighted by Crippen LogP contribution is 2.44. The third-order valence-corrected chi connectivity index (χ3v) is 13.0. The van der Waals surface area contributed by atoms with Crippen LogP contribution in [-0.2, 0) is 4.43 Å². The van der Waals surface area contributed by atoms with Crippen LogP contribution in [0.2, 0.25) is 21.6 Å². The van der Waals surface area contributed by atoms with E-state index < -0.39 is 14.4 Å². The average Bonchev–Trinajstić information content (AvgIpc) is 2.67. The molecule has 2 atom stereocenters. The van der Waals surface area contributed by atoms with Crippen LogP contribution >= 0.6 is 11.6 Å². The molecule has 0 radical (unpaired) electrons. The number of piperidine rings is 1. The second kappa shape index (κ2) is 10.1. The van der Waals surface area contributed by atoms with Crippen LogP contribution in [0.4, 0.5) is 16.2 Å². The number of carboxylic acid groups (broad SMARTS) is 1. The van der Waals surface area contributed by atoms with Gasteiger partial charge < -0.3 is 25.5 Å². The number of nitrogens with two attached hydrogens (primary N) is 1. The summed E-state index contributed by atoms with van der Waals surface area (Å²) in [6, 6.07) is 5.11. The average molecular weight is 467 g/mol. The molecule has 7 nitrogen and oxygen atoms in total. The molecule has 1 aromatic rings. The summed E-state index contributed by atoms with van der Waals surface area (Å²) >= 11 is 6.49. The summed E-state index contributed by atoms with van der Waals surface area (Å²) in [6.07, 6.45) is -0.804. The fourth-order valence-electron chi connectivity index (χ4n) is 5.17. The molecule has 0 spiro atoms. The molecule has 0 unspecified atom stereocenters. The van der Waals surface area contributed by atoms with Crippen molar-refractivity contribution in [1.29, 1.82) is 5.26 Å². The summed E-state index contributed by atoms with van der Waals surface area (Å²) in [6.45, 7) is 14.3. The molecule has 1 saturated heterocycles. The van der Waals surface area contributed by atoms with Crippen LogP contribution in [0.25, 0.3) is 0 Å². The van der Waals surface area contributed by atoms with Crippen LogP contribution in [0, 0.1) is 11.3 Å². The van der Waals surface area contributed by atoms with Crippen molar-refractivity contribution >= 4 is 37.4 Å². The zero-order chi connectivity index (χ0) is 23.5. The number of hydrogen-bond acceptors (Lipinski definition) is 5. The van der Waals surface area contributed by atoms with Crippen LogP contribution in [-0.4, -0.2) is 44.8 Å². The minimum absolute atomic E-state index is 0.313. The third-order valence-electron chi connectivity index (χ3n) is 6.48. The van der Waals surface area contributed by atoms with E-state index in [2.05, 4.69) is 57.8 Å². The summed E-state index contributed by atoms with van der Waals surface area (Å²) in [7, 11) is -2.25. The number of hydrogen-bond donors (Lipinski definition) is 3. The van der Waals surface area contributed by atoms with Crippen LogP contribution in [0.1, 0.15) is 53.5 Å². The van der Waals surface area contributed by atoms with Crippen LogP contribution in [0.3, 0.4) is 0 Å². The molecular formula is C22H35ClN4O3Si. The number of anilines is 2. The Hall–Kier alpha value is -1.95. The number of amides is 1. The van der Waals surface area contributed by atoms with Crippen molar-refractivity contribution in [3.63, 3.8) is 0 Å². The van der Waals surface area contributed by atoms with Gasteiger partial charge in [0.2, 0.25) is 8.32 Å². The van der Waals surface area contributed by atoms with E-state index in [9.17, 15) is 15.2 Å². The molecule has 9 heteroatoms. The minimum Gasteiger partial charge on any atom is -0.465 e. The first-order valence-corrected chi connectivity index (χ1v) is 13.4. The Morgan fingerprint density at radius 2 is 1.87 bits per heavy atom. The second-order valence-electron chi connectivity index (χ2n) is 9.28. The number of nitrogens with zero attached hydrogens (tertiary/aromatic N) is 2. The highest BCUT2D eigenvalue weighted by atomic mass is 35.5. The SMILES string of the molecule is CC(C)[Si](O[C@H]1CN(c2cc(C#N)cc(N)c2Cl)CC[C@H]1NC(=O)O)(C(C)C)C(C)C. The summed E-state index contributed by atoms with van der Waals surface area (Å²) in [5.74, 6) is 0.